The van der Waals surface area contributed by atoms with Gasteiger partial charge in [0.15, 0.2) is 0 Å². The third-order valence-corrected chi connectivity index (χ3v) is 3.46. The molecule has 0 saturated carbocycles. The van der Waals surface area contributed by atoms with E-state index in [1.807, 2.05) is 29.2 Å². The van der Waals surface area contributed by atoms with Gasteiger partial charge in [-0.15, -0.1) is 0 Å². The van der Waals surface area contributed by atoms with E-state index in [2.05, 4.69) is 4.98 Å². The lowest BCUT2D eigenvalue weighted by molar-refractivity contribution is 0.0611. The fourth-order valence-corrected chi connectivity index (χ4v) is 2.30. The second-order valence-electron chi connectivity index (χ2n) is 4.51. The Morgan fingerprint density at radius 3 is 2.72 bits per heavy atom. The van der Waals surface area contributed by atoms with Crippen LogP contribution < -0.4 is 4.90 Å². The summed E-state index contributed by atoms with van der Waals surface area (Å²) in [5, 5.41) is 1.62. The number of pyridine rings is 1. The largest absolute Gasteiger partial charge is 0.355 e. The second kappa shape index (κ2) is 4.35. The zero-order valence-electron chi connectivity index (χ0n) is 9.48. The minimum atomic E-state index is -2.24. The highest BCUT2D eigenvalue weighted by Crippen LogP contribution is 2.28. The number of anilines is 1. The van der Waals surface area contributed by atoms with Crippen LogP contribution in [0.25, 0.3) is 10.9 Å². The van der Waals surface area contributed by atoms with Crippen LogP contribution in [0.4, 0.5) is 14.6 Å². The average Bonchev–Trinajstić information content (AvgIpc) is 2.26. The topological polar surface area (TPSA) is 16.1 Å². The van der Waals surface area contributed by atoms with Crippen molar-refractivity contribution in [3.63, 3.8) is 0 Å². The molecule has 1 aliphatic heterocycles. The fraction of sp³-hybridized carbons (Fsp3) is 0.308. The zero-order chi connectivity index (χ0) is 12.7. The molecule has 94 valence electrons. The molecule has 0 unspecified atom stereocenters. The van der Waals surface area contributed by atoms with Gasteiger partial charge >= 0.3 is 0 Å². The highest BCUT2D eigenvalue weighted by Gasteiger charge is 2.34. The van der Waals surface area contributed by atoms with Gasteiger partial charge in [-0.2, -0.15) is 0 Å². The van der Waals surface area contributed by atoms with Crippen LogP contribution in [0.3, 0.4) is 0 Å². The molecule has 18 heavy (non-hydrogen) atoms. The van der Waals surface area contributed by atoms with E-state index in [1.54, 1.807) is 6.07 Å². The molecule has 0 atom stereocenters. The SMILES string of the molecule is FC(F)C1CN(c2ccc3cc(Cl)ccc3n2)C1. The van der Waals surface area contributed by atoms with Crippen LogP contribution in [-0.2, 0) is 0 Å². The monoisotopic (exact) mass is 268 g/mol. The maximum atomic E-state index is 12.4. The summed E-state index contributed by atoms with van der Waals surface area (Å²) in [5.41, 5.74) is 0.831. The molecule has 1 saturated heterocycles. The predicted molar refractivity (Wildman–Crippen MR) is 68.5 cm³/mol. The number of hydrogen-bond donors (Lipinski definition) is 0. The third kappa shape index (κ3) is 2.01. The lowest BCUT2D eigenvalue weighted by Crippen LogP contribution is -2.50. The van der Waals surface area contributed by atoms with Gasteiger partial charge in [-0.3, -0.25) is 0 Å². The summed E-state index contributed by atoms with van der Waals surface area (Å²) < 4.78 is 24.8. The Morgan fingerprint density at radius 1 is 1.22 bits per heavy atom. The Balaban J connectivity index is 1.84. The number of nitrogens with zero attached hydrogens (tertiary/aromatic N) is 2. The van der Waals surface area contributed by atoms with Crippen molar-refractivity contribution in [3.8, 4) is 0 Å². The first-order valence-electron chi connectivity index (χ1n) is 5.73. The molecule has 0 amide bonds. The molecule has 0 bridgehead atoms. The molecule has 2 aromatic rings. The average molecular weight is 269 g/mol. The predicted octanol–water partition coefficient (Wildman–Crippen LogP) is 3.59. The summed E-state index contributed by atoms with van der Waals surface area (Å²) in [7, 11) is 0. The van der Waals surface area contributed by atoms with Crippen LogP contribution in [0.1, 0.15) is 0 Å². The maximum Gasteiger partial charge on any atom is 0.244 e. The first-order chi connectivity index (χ1) is 8.63. The first-order valence-corrected chi connectivity index (χ1v) is 6.11. The first kappa shape index (κ1) is 11.7. The Hall–Kier alpha value is -1.42. The lowest BCUT2D eigenvalue weighted by Gasteiger charge is -2.39. The van der Waals surface area contributed by atoms with E-state index >= 15 is 0 Å². The van der Waals surface area contributed by atoms with E-state index < -0.39 is 12.3 Å². The summed E-state index contributed by atoms with van der Waals surface area (Å²) in [6.07, 6.45) is -2.24. The number of alkyl halides is 2. The van der Waals surface area contributed by atoms with Crippen LogP contribution in [0.2, 0.25) is 5.02 Å². The number of halogens is 3. The Kier molecular flexibility index (Phi) is 2.82. The van der Waals surface area contributed by atoms with Gasteiger partial charge in [-0.1, -0.05) is 11.6 Å². The fourth-order valence-electron chi connectivity index (χ4n) is 2.12. The van der Waals surface area contributed by atoms with Crippen molar-refractivity contribution in [1.82, 2.24) is 4.98 Å². The van der Waals surface area contributed by atoms with Crippen molar-refractivity contribution in [2.24, 2.45) is 5.92 Å². The summed E-state index contributed by atoms with van der Waals surface area (Å²) in [4.78, 5) is 6.32. The Labute approximate surface area is 108 Å². The highest BCUT2D eigenvalue weighted by molar-refractivity contribution is 6.31. The molecule has 0 N–H and O–H groups in total. The number of benzene rings is 1. The van der Waals surface area contributed by atoms with Crippen molar-refractivity contribution < 1.29 is 8.78 Å². The minimum Gasteiger partial charge on any atom is -0.355 e. The molecule has 1 aliphatic rings. The molecular weight excluding hydrogens is 258 g/mol. The van der Waals surface area contributed by atoms with Crippen molar-refractivity contribution in [3.05, 3.63) is 35.4 Å². The van der Waals surface area contributed by atoms with Crippen molar-refractivity contribution >= 4 is 28.3 Å². The molecule has 0 spiro atoms. The van der Waals surface area contributed by atoms with Crippen molar-refractivity contribution in [2.45, 2.75) is 6.43 Å². The van der Waals surface area contributed by atoms with Crippen LogP contribution in [-0.4, -0.2) is 24.5 Å². The lowest BCUT2D eigenvalue weighted by atomic mass is 10.0. The van der Waals surface area contributed by atoms with Crippen molar-refractivity contribution in [1.29, 1.82) is 0 Å². The van der Waals surface area contributed by atoms with E-state index in [0.29, 0.717) is 18.1 Å². The molecule has 1 aromatic heterocycles. The normalized spacial score (nSPS) is 16.3. The van der Waals surface area contributed by atoms with E-state index in [0.717, 1.165) is 16.7 Å². The number of fused-ring (bicyclic) bond motifs is 1. The molecule has 0 radical (unpaired) electrons. The molecular formula is C13H11ClF2N2. The van der Waals surface area contributed by atoms with E-state index in [9.17, 15) is 8.78 Å². The maximum absolute atomic E-state index is 12.4. The Bertz CT molecular complexity index is 582. The van der Waals surface area contributed by atoms with Crippen molar-refractivity contribution in [2.75, 3.05) is 18.0 Å². The van der Waals surface area contributed by atoms with E-state index in [1.165, 1.54) is 0 Å². The minimum absolute atomic E-state index is 0.379. The van der Waals surface area contributed by atoms with Gasteiger partial charge in [0.2, 0.25) is 6.43 Å². The van der Waals surface area contributed by atoms with E-state index in [-0.39, 0.29) is 0 Å². The van der Waals surface area contributed by atoms with Crippen LogP contribution >= 0.6 is 11.6 Å². The Morgan fingerprint density at radius 2 is 2.00 bits per heavy atom. The van der Waals surface area contributed by atoms with Crippen LogP contribution in [0.5, 0.6) is 0 Å². The number of rotatable bonds is 2. The van der Waals surface area contributed by atoms with Gasteiger partial charge in [0.1, 0.15) is 5.82 Å². The summed E-state index contributed by atoms with van der Waals surface area (Å²) in [6, 6.07) is 9.22. The second-order valence-corrected chi connectivity index (χ2v) is 4.94. The van der Waals surface area contributed by atoms with Gasteiger partial charge in [-0.05, 0) is 30.3 Å². The quantitative estimate of drug-likeness (QED) is 0.827. The smallest absolute Gasteiger partial charge is 0.244 e. The van der Waals surface area contributed by atoms with Gasteiger partial charge in [0.25, 0.3) is 0 Å². The summed E-state index contributed by atoms with van der Waals surface area (Å²) >= 11 is 5.89. The van der Waals surface area contributed by atoms with Gasteiger partial charge < -0.3 is 4.90 Å². The number of aromatic nitrogens is 1. The third-order valence-electron chi connectivity index (χ3n) is 3.23. The molecule has 0 aliphatic carbocycles. The van der Waals surface area contributed by atoms with E-state index in [4.69, 9.17) is 11.6 Å². The van der Waals surface area contributed by atoms with Gasteiger partial charge in [0, 0.05) is 23.5 Å². The molecule has 3 rings (SSSR count). The zero-order valence-corrected chi connectivity index (χ0v) is 10.2. The molecule has 2 heterocycles. The summed E-state index contributed by atoms with van der Waals surface area (Å²) in [5.74, 6) is 0.231. The molecule has 5 heteroatoms. The highest BCUT2D eigenvalue weighted by atomic mass is 35.5. The molecule has 1 fully saturated rings. The van der Waals surface area contributed by atoms with Crippen LogP contribution in [0.15, 0.2) is 30.3 Å². The summed E-state index contributed by atoms with van der Waals surface area (Å²) in [6.45, 7) is 0.757. The number of hydrogen-bond acceptors (Lipinski definition) is 2. The molecule has 1 aromatic carbocycles. The standard InChI is InChI=1S/C13H11ClF2N2/c14-10-2-3-11-8(5-10)1-4-12(17-11)18-6-9(7-18)13(15)16/h1-5,9,13H,6-7H2. The van der Waals surface area contributed by atoms with Gasteiger partial charge in [-0.25, -0.2) is 13.8 Å². The van der Waals surface area contributed by atoms with Crippen LogP contribution in [0, 0.1) is 5.92 Å². The molecule has 2 nitrogen and oxygen atoms in total. The van der Waals surface area contributed by atoms with Gasteiger partial charge in [0.05, 0.1) is 11.4 Å².